The maximum absolute atomic E-state index is 4.88. The third-order valence-corrected chi connectivity index (χ3v) is 4.62. The Kier molecular flexibility index (Phi) is 6.69. The molecule has 3 heteroatoms. The summed E-state index contributed by atoms with van der Waals surface area (Å²) in [6.07, 6.45) is 0. The summed E-state index contributed by atoms with van der Waals surface area (Å²) in [6, 6.07) is 21.5. The van der Waals surface area contributed by atoms with E-state index < -0.39 is 8.07 Å². The fraction of sp³-hybridized carbons (Fsp3) is 0.200. The van der Waals surface area contributed by atoms with Gasteiger partial charge < -0.3 is 5.09 Å². The molecule has 2 rings (SSSR count). The van der Waals surface area contributed by atoms with Crippen LogP contribution in [0.3, 0.4) is 0 Å². The molecule has 0 N–H and O–H groups in total. The summed E-state index contributed by atoms with van der Waals surface area (Å²) in [5.74, 6) is 0. The summed E-state index contributed by atoms with van der Waals surface area (Å²) in [6.45, 7) is 4.28. The molecule has 0 saturated carbocycles. The third kappa shape index (κ3) is 4.27. The molecule has 0 bridgehead atoms. The van der Waals surface area contributed by atoms with Crippen molar-refractivity contribution in [2.45, 2.75) is 19.9 Å². The van der Waals surface area contributed by atoms with E-state index >= 15 is 0 Å². The molecule has 0 unspecified atom stereocenters. The van der Waals surface area contributed by atoms with Crippen LogP contribution in [0.15, 0.2) is 60.7 Å². The first-order valence-electron chi connectivity index (χ1n) is 5.88. The smallest absolute Gasteiger partial charge is 0.626 e. The molecular formula is C15H17LiNP. The second-order valence-electron chi connectivity index (χ2n) is 4.19. The fourth-order valence-corrected chi connectivity index (χ4v) is 3.59. The topological polar surface area (TPSA) is 14.1 Å². The van der Waals surface area contributed by atoms with Crippen LogP contribution in [0.4, 0.5) is 0 Å². The van der Waals surface area contributed by atoms with E-state index in [1.807, 2.05) is 0 Å². The van der Waals surface area contributed by atoms with E-state index in [0.29, 0.717) is 6.04 Å². The van der Waals surface area contributed by atoms with E-state index in [-0.39, 0.29) is 18.9 Å². The average Bonchev–Trinajstić information content (AvgIpc) is 2.38. The van der Waals surface area contributed by atoms with E-state index in [1.54, 1.807) is 0 Å². The predicted octanol–water partition coefficient (Wildman–Crippen LogP) is 0.820. The van der Waals surface area contributed by atoms with Crippen LogP contribution in [-0.2, 0) is 0 Å². The van der Waals surface area contributed by atoms with Crippen LogP contribution in [0.1, 0.15) is 13.8 Å². The van der Waals surface area contributed by atoms with Gasteiger partial charge in [0.15, 0.2) is 0 Å². The van der Waals surface area contributed by atoms with Gasteiger partial charge in [0.2, 0.25) is 0 Å². The minimum atomic E-state index is -0.565. The van der Waals surface area contributed by atoms with E-state index in [0.717, 1.165) is 0 Å². The number of benzene rings is 2. The zero-order chi connectivity index (χ0) is 12.1. The first-order valence-corrected chi connectivity index (χ1v) is 7.18. The van der Waals surface area contributed by atoms with E-state index in [1.165, 1.54) is 10.6 Å². The van der Waals surface area contributed by atoms with E-state index in [9.17, 15) is 0 Å². The summed E-state index contributed by atoms with van der Waals surface area (Å²) in [5.41, 5.74) is 0. The Morgan fingerprint density at radius 2 is 1.17 bits per heavy atom. The van der Waals surface area contributed by atoms with Gasteiger partial charge in [-0.15, -0.1) is 6.04 Å². The van der Waals surface area contributed by atoms with Gasteiger partial charge in [-0.05, 0) is 10.6 Å². The van der Waals surface area contributed by atoms with Gasteiger partial charge in [0.05, 0.1) is 0 Å². The summed E-state index contributed by atoms with van der Waals surface area (Å²) in [7, 11) is -0.565. The molecule has 0 fully saturated rings. The maximum Gasteiger partial charge on any atom is 1.00 e. The second-order valence-corrected chi connectivity index (χ2v) is 6.08. The molecule has 0 radical (unpaired) electrons. The summed E-state index contributed by atoms with van der Waals surface area (Å²) < 4.78 is 0. The van der Waals surface area contributed by atoms with Gasteiger partial charge in [-0.2, -0.15) is 8.07 Å². The number of hydrogen-bond acceptors (Lipinski definition) is 0. The van der Waals surface area contributed by atoms with Gasteiger partial charge in [0.25, 0.3) is 0 Å². The number of rotatable bonds is 4. The average molecular weight is 249 g/mol. The monoisotopic (exact) mass is 249 g/mol. The molecule has 0 aliphatic carbocycles. The largest absolute Gasteiger partial charge is 1.00 e. The standard InChI is InChI=1S/C15H17NP.Li/c1-13(2)16-17(14-9-5-3-6-10-14)15-11-7-4-8-12-15;/h3-13H,1-2H3;/q-1;+1. The SMILES string of the molecule is CC(C)[N-]P(c1ccccc1)c1ccccc1.[Li+]. The van der Waals surface area contributed by atoms with Gasteiger partial charge in [-0.25, -0.2) is 0 Å². The third-order valence-electron chi connectivity index (χ3n) is 2.35. The Hall–Kier alpha value is -0.573. The molecule has 2 aromatic carbocycles. The molecule has 0 amide bonds. The summed E-state index contributed by atoms with van der Waals surface area (Å²) in [4.78, 5) is 0. The molecule has 0 aliphatic rings. The molecule has 1 nitrogen and oxygen atoms in total. The molecule has 0 spiro atoms. The van der Waals surface area contributed by atoms with Crippen LogP contribution in [0.2, 0.25) is 0 Å². The fourth-order valence-electron chi connectivity index (χ4n) is 1.65. The van der Waals surface area contributed by atoms with Gasteiger partial charge in [-0.3, -0.25) is 0 Å². The molecule has 0 aromatic heterocycles. The number of hydrogen-bond donors (Lipinski definition) is 0. The van der Waals surface area contributed by atoms with Crippen molar-refractivity contribution in [1.29, 1.82) is 0 Å². The van der Waals surface area contributed by atoms with Gasteiger partial charge in [-0.1, -0.05) is 74.5 Å². The zero-order valence-corrected chi connectivity index (χ0v) is 12.1. The van der Waals surface area contributed by atoms with Crippen molar-refractivity contribution in [3.63, 3.8) is 0 Å². The Morgan fingerprint density at radius 1 is 0.778 bits per heavy atom. The first kappa shape index (κ1) is 15.5. The molecule has 0 heterocycles. The Labute approximate surface area is 123 Å². The molecule has 0 atom stereocenters. The maximum atomic E-state index is 4.88. The van der Waals surface area contributed by atoms with Crippen molar-refractivity contribution in [2.75, 3.05) is 0 Å². The van der Waals surface area contributed by atoms with E-state index in [4.69, 9.17) is 5.09 Å². The predicted molar refractivity (Wildman–Crippen MR) is 77.6 cm³/mol. The van der Waals surface area contributed by atoms with Crippen LogP contribution >= 0.6 is 8.07 Å². The van der Waals surface area contributed by atoms with Crippen LogP contribution in [0, 0.1) is 0 Å². The normalized spacial score (nSPS) is 10.4. The minimum absolute atomic E-state index is 0. The van der Waals surface area contributed by atoms with Crippen LogP contribution in [0.25, 0.3) is 5.09 Å². The minimum Gasteiger partial charge on any atom is -0.626 e. The van der Waals surface area contributed by atoms with Crippen molar-refractivity contribution in [3.05, 3.63) is 65.8 Å². The second kappa shape index (κ2) is 7.77. The van der Waals surface area contributed by atoms with Crippen LogP contribution in [0.5, 0.6) is 0 Å². The molecule has 0 aliphatic heterocycles. The zero-order valence-electron chi connectivity index (χ0n) is 11.2. The first-order chi connectivity index (χ1) is 8.27. The molecule has 2 aromatic rings. The number of nitrogens with zero attached hydrogens (tertiary/aromatic N) is 1. The van der Waals surface area contributed by atoms with E-state index in [2.05, 4.69) is 74.5 Å². The van der Waals surface area contributed by atoms with Gasteiger partial charge >= 0.3 is 18.9 Å². The van der Waals surface area contributed by atoms with Crippen LogP contribution in [-0.4, -0.2) is 6.04 Å². The molecular weight excluding hydrogens is 232 g/mol. The Morgan fingerprint density at radius 3 is 1.50 bits per heavy atom. The molecule has 18 heavy (non-hydrogen) atoms. The van der Waals surface area contributed by atoms with Crippen molar-refractivity contribution in [3.8, 4) is 0 Å². The summed E-state index contributed by atoms with van der Waals surface area (Å²) >= 11 is 0. The van der Waals surface area contributed by atoms with Gasteiger partial charge in [0.1, 0.15) is 0 Å². The van der Waals surface area contributed by atoms with Crippen LogP contribution < -0.4 is 29.5 Å². The molecule has 0 saturated heterocycles. The van der Waals surface area contributed by atoms with Crippen molar-refractivity contribution >= 4 is 18.7 Å². The van der Waals surface area contributed by atoms with Crippen molar-refractivity contribution < 1.29 is 18.9 Å². The summed E-state index contributed by atoms with van der Waals surface area (Å²) in [5, 5.41) is 7.53. The van der Waals surface area contributed by atoms with Crippen molar-refractivity contribution in [1.82, 2.24) is 0 Å². The Balaban J connectivity index is 0.00000162. The van der Waals surface area contributed by atoms with Crippen molar-refractivity contribution in [2.24, 2.45) is 0 Å². The van der Waals surface area contributed by atoms with Gasteiger partial charge in [0, 0.05) is 0 Å². The Bertz CT molecular complexity index is 405. The molecule has 88 valence electrons. The quantitative estimate of drug-likeness (QED) is 0.562.